The van der Waals surface area contributed by atoms with Crippen molar-refractivity contribution in [1.82, 2.24) is 0 Å². The summed E-state index contributed by atoms with van der Waals surface area (Å²) in [4.78, 5) is 38.4. The SMILES string of the molecule is CC/C=C\C/C=C\C/C=C\C/C=C\C/C=C\CCCCCCCCCC(=O)OC(COC(=O)CCCCCCCCCCCC/C=C\C/C=C\C/C=C\CCCCCCC)COC(=O)CCCCCCCCCCCCCCCC. The minimum absolute atomic E-state index is 0.0806. The van der Waals surface area contributed by atoms with Crippen LogP contribution in [0.3, 0.4) is 0 Å². The summed E-state index contributed by atoms with van der Waals surface area (Å²) < 4.78 is 17.0. The van der Waals surface area contributed by atoms with E-state index >= 15 is 0 Å². The highest BCUT2D eigenvalue weighted by Gasteiger charge is 2.19. The Morgan fingerprint density at radius 2 is 0.487 bits per heavy atom. The van der Waals surface area contributed by atoms with Crippen LogP contribution in [-0.2, 0) is 28.6 Å². The topological polar surface area (TPSA) is 78.9 Å². The zero-order valence-electron chi connectivity index (χ0n) is 52.8. The van der Waals surface area contributed by atoms with Crippen molar-refractivity contribution in [3.63, 3.8) is 0 Å². The number of hydrogen-bond acceptors (Lipinski definition) is 6. The number of carbonyl (C=O) groups excluding carboxylic acids is 3. The molecule has 6 heteroatoms. The summed E-state index contributed by atoms with van der Waals surface area (Å²) in [6.07, 6.45) is 91.3. The second-order valence-electron chi connectivity index (χ2n) is 22.7. The zero-order valence-corrected chi connectivity index (χ0v) is 52.8. The van der Waals surface area contributed by atoms with Crippen LogP contribution < -0.4 is 0 Å². The molecule has 0 radical (unpaired) electrons. The van der Waals surface area contributed by atoms with E-state index in [1.165, 1.54) is 186 Å². The van der Waals surface area contributed by atoms with Gasteiger partial charge in [0.1, 0.15) is 13.2 Å². The Bertz CT molecular complexity index is 1560. The molecule has 0 aromatic heterocycles. The fourth-order valence-electron chi connectivity index (χ4n) is 9.71. The van der Waals surface area contributed by atoms with Crippen molar-refractivity contribution >= 4 is 17.9 Å². The fourth-order valence-corrected chi connectivity index (χ4v) is 9.71. The van der Waals surface area contributed by atoms with E-state index in [1.54, 1.807) is 0 Å². The Balaban J connectivity index is 4.35. The van der Waals surface area contributed by atoms with Gasteiger partial charge in [0.25, 0.3) is 0 Å². The van der Waals surface area contributed by atoms with Crippen molar-refractivity contribution in [2.45, 2.75) is 341 Å². The molecule has 1 unspecified atom stereocenters. The Morgan fingerprint density at radius 3 is 0.762 bits per heavy atom. The van der Waals surface area contributed by atoms with E-state index in [-0.39, 0.29) is 31.1 Å². The molecule has 0 fully saturated rings. The lowest BCUT2D eigenvalue weighted by molar-refractivity contribution is -0.167. The molecule has 6 nitrogen and oxygen atoms in total. The van der Waals surface area contributed by atoms with Crippen LogP contribution in [0.2, 0.25) is 0 Å². The van der Waals surface area contributed by atoms with Crippen LogP contribution >= 0.6 is 0 Å². The number of esters is 3. The molecule has 0 aromatic rings. The Morgan fingerprint density at radius 1 is 0.263 bits per heavy atom. The molecule has 0 heterocycles. The van der Waals surface area contributed by atoms with Gasteiger partial charge in [-0.15, -0.1) is 0 Å². The van der Waals surface area contributed by atoms with Crippen molar-refractivity contribution in [3.8, 4) is 0 Å². The third kappa shape index (κ3) is 65.1. The van der Waals surface area contributed by atoms with E-state index in [0.717, 1.165) is 109 Å². The lowest BCUT2D eigenvalue weighted by Gasteiger charge is -2.18. The van der Waals surface area contributed by atoms with Crippen LogP contribution in [0.4, 0.5) is 0 Å². The molecule has 0 rings (SSSR count). The largest absolute Gasteiger partial charge is 0.462 e. The van der Waals surface area contributed by atoms with Gasteiger partial charge in [-0.05, 0) is 103 Å². The lowest BCUT2D eigenvalue weighted by atomic mass is 10.0. The third-order valence-electron chi connectivity index (χ3n) is 14.8. The van der Waals surface area contributed by atoms with Gasteiger partial charge in [-0.2, -0.15) is 0 Å². The molecule has 0 amide bonds. The maximum absolute atomic E-state index is 12.9. The second-order valence-corrected chi connectivity index (χ2v) is 22.7. The molecule has 1 atom stereocenters. The maximum Gasteiger partial charge on any atom is 0.306 e. The van der Waals surface area contributed by atoms with Crippen molar-refractivity contribution in [2.75, 3.05) is 13.2 Å². The van der Waals surface area contributed by atoms with E-state index in [9.17, 15) is 14.4 Å². The van der Waals surface area contributed by atoms with Gasteiger partial charge in [0, 0.05) is 19.3 Å². The average molecular weight is 1110 g/mol. The quantitative estimate of drug-likeness (QED) is 0.0261. The molecule has 0 N–H and O–H groups in total. The summed E-state index contributed by atoms with van der Waals surface area (Å²) in [5.41, 5.74) is 0. The molecule has 0 spiro atoms. The summed E-state index contributed by atoms with van der Waals surface area (Å²) in [5, 5.41) is 0. The van der Waals surface area contributed by atoms with E-state index in [2.05, 4.69) is 118 Å². The van der Waals surface area contributed by atoms with Gasteiger partial charge < -0.3 is 14.2 Å². The molecule has 0 saturated carbocycles. The lowest BCUT2D eigenvalue weighted by Crippen LogP contribution is -2.30. The highest BCUT2D eigenvalue weighted by atomic mass is 16.6. The van der Waals surface area contributed by atoms with Crippen molar-refractivity contribution < 1.29 is 28.6 Å². The highest BCUT2D eigenvalue weighted by molar-refractivity contribution is 5.71. The Hall–Kier alpha value is -3.67. The minimum atomic E-state index is -0.786. The number of hydrogen-bond donors (Lipinski definition) is 0. The van der Waals surface area contributed by atoms with E-state index < -0.39 is 6.10 Å². The van der Waals surface area contributed by atoms with Crippen LogP contribution in [0.1, 0.15) is 335 Å². The molecule has 0 saturated heterocycles. The molecule has 0 bridgehead atoms. The molecule has 0 aliphatic heterocycles. The van der Waals surface area contributed by atoms with Crippen LogP contribution in [-0.4, -0.2) is 37.2 Å². The highest BCUT2D eigenvalue weighted by Crippen LogP contribution is 2.17. The maximum atomic E-state index is 12.9. The summed E-state index contributed by atoms with van der Waals surface area (Å²) in [5.74, 6) is -0.881. The van der Waals surface area contributed by atoms with E-state index in [1.807, 2.05) is 0 Å². The number of allylic oxidation sites excluding steroid dienone is 16. The first-order valence-electron chi connectivity index (χ1n) is 34.2. The van der Waals surface area contributed by atoms with Gasteiger partial charge in [-0.3, -0.25) is 14.4 Å². The van der Waals surface area contributed by atoms with Gasteiger partial charge in [0.2, 0.25) is 0 Å². The number of rotatable bonds is 62. The second kappa shape index (κ2) is 67.8. The first-order chi connectivity index (χ1) is 39.5. The van der Waals surface area contributed by atoms with Crippen LogP contribution in [0, 0.1) is 0 Å². The first kappa shape index (κ1) is 76.3. The molecule has 0 aliphatic rings. The minimum Gasteiger partial charge on any atom is -0.462 e. The van der Waals surface area contributed by atoms with Crippen LogP contribution in [0.15, 0.2) is 97.2 Å². The summed E-state index contributed by atoms with van der Waals surface area (Å²) in [7, 11) is 0. The average Bonchev–Trinajstić information content (AvgIpc) is 3.46. The fraction of sp³-hybridized carbons (Fsp3) is 0.743. The molecular formula is C74H128O6. The van der Waals surface area contributed by atoms with Gasteiger partial charge in [-0.25, -0.2) is 0 Å². The van der Waals surface area contributed by atoms with Gasteiger partial charge in [-0.1, -0.05) is 311 Å². The predicted molar refractivity (Wildman–Crippen MR) is 348 cm³/mol. The van der Waals surface area contributed by atoms with E-state index in [4.69, 9.17) is 14.2 Å². The summed E-state index contributed by atoms with van der Waals surface area (Å²) in [6.45, 7) is 6.54. The van der Waals surface area contributed by atoms with Crippen molar-refractivity contribution in [1.29, 1.82) is 0 Å². The molecule has 460 valence electrons. The summed E-state index contributed by atoms with van der Waals surface area (Å²) >= 11 is 0. The molecular weight excluding hydrogens is 985 g/mol. The first-order valence-corrected chi connectivity index (χ1v) is 34.2. The summed E-state index contributed by atoms with van der Waals surface area (Å²) in [6, 6.07) is 0. The number of ether oxygens (including phenoxy) is 3. The van der Waals surface area contributed by atoms with Crippen molar-refractivity contribution in [2.24, 2.45) is 0 Å². The predicted octanol–water partition coefficient (Wildman–Crippen LogP) is 23.6. The van der Waals surface area contributed by atoms with Gasteiger partial charge in [0.05, 0.1) is 0 Å². The Kier molecular flexibility index (Phi) is 64.7. The number of carbonyl (C=O) groups is 3. The van der Waals surface area contributed by atoms with E-state index in [0.29, 0.717) is 19.3 Å². The zero-order chi connectivity index (χ0) is 57.8. The smallest absolute Gasteiger partial charge is 0.306 e. The molecule has 0 aromatic carbocycles. The number of unbranched alkanes of at least 4 members (excludes halogenated alkanes) is 35. The normalized spacial score (nSPS) is 12.7. The molecule has 80 heavy (non-hydrogen) atoms. The van der Waals surface area contributed by atoms with Gasteiger partial charge in [0.15, 0.2) is 6.10 Å². The van der Waals surface area contributed by atoms with Gasteiger partial charge >= 0.3 is 17.9 Å². The third-order valence-corrected chi connectivity index (χ3v) is 14.8. The van der Waals surface area contributed by atoms with Crippen molar-refractivity contribution in [3.05, 3.63) is 97.2 Å². The standard InChI is InChI=1S/C74H128O6/c1-4-7-10-13-16-19-22-25-28-30-32-34-36-37-39-40-42-44-46-49-52-55-58-61-64-67-73(76)79-70-71(69-78-72(75)66-63-60-57-54-51-48-27-24-21-18-15-12-9-6-3)80-74(77)68-65-62-59-56-53-50-47-45-43-41-38-35-33-31-29-26-23-20-17-14-11-8-5-2/h8,11,17,20,22,25-26,29-30,32-33,35-37,41,43,71H,4-7,9-10,12-16,18-19,21,23-24,27-28,31,34,38-40,42,44-70H2,1-3H3/b11-8-,20-17-,25-22-,29-26-,32-30-,35-33-,37-36-,43-41-. The monoisotopic (exact) mass is 1110 g/mol. The Labute approximate surface area is 496 Å². The molecule has 0 aliphatic carbocycles. The van der Waals surface area contributed by atoms with Crippen LogP contribution in [0.5, 0.6) is 0 Å². The van der Waals surface area contributed by atoms with Crippen LogP contribution in [0.25, 0.3) is 0 Å².